The van der Waals surface area contributed by atoms with E-state index >= 15 is 0 Å². The molecule has 0 radical (unpaired) electrons. The van der Waals surface area contributed by atoms with Gasteiger partial charge in [0.05, 0.1) is 0 Å². The molecular formula is C18H24BrN. The Hall–Kier alpha value is -1.02. The van der Waals surface area contributed by atoms with Gasteiger partial charge in [-0.25, -0.2) is 0 Å². The molecule has 1 unspecified atom stereocenters. The van der Waals surface area contributed by atoms with Crippen LogP contribution in [0.1, 0.15) is 51.7 Å². The number of halogens is 1. The molecule has 2 rings (SSSR count). The van der Waals surface area contributed by atoms with Gasteiger partial charge in [0.1, 0.15) is 0 Å². The summed E-state index contributed by atoms with van der Waals surface area (Å²) < 4.78 is 1.20. The minimum atomic E-state index is 0.0675. The zero-order chi connectivity index (χ0) is 14.9. The Bertz CT molecular complexity index is 567. The van der Waals surface area contributed by atoms with Gasteiger partial charge in [-0.05, 0) is 43.5 Å². The van der Waals surface area contributed by atoms with E-state index < -0.39 is 0 Å². The van der Waals surface area contributed by atoms with E-state index in [2.05, 4.69) is 86.2 Å². The van der Waals surface area contributed by atoms with Gasteiger partial charge in [0.15, 0.2) is 0 Å². The molecule has 108 valence electrons. The lowest BCUT2D eigenvalue weighted by Crippen LogP contribution is -2.31. The Labute approximate surface area is 131 Å². The number of allylic oxidation sites excluding steroid dienone is 4. The maximum absolute atomic E-state index is 3.70. The van der Waals surface area contributed by atoms with E-state index in [-0.39, 0.29) is 5.41 Å². The fraction of sp³-hybridized carbons (Fsp3) is 0.444. The van der Waals surface area contributed by atoms with Crippen molar-refractivity contribution in [3.05, 3.63) is 51.6 Å². The molecule has 0 aromatic heterocycles. The van der Waals surface area contributed by atoms with Gasteiger partial charge in [0.2, 0.25) is 0 Å². The fourth-order valence-electron chi connectivity index (χ4n) is 3.30. The van der Waals surface area contributed by atoms with Crippen LogP contribution in [0.3, 0.4) is 0 Å². The van der Waals surface area contributed by atoms with Crippen LogP contribution < -0.4 is 5.32 Å². The average molecular weight is 334 g/mol. The molecule has 2 heteroatoms. The highest BCUT2D eigenvalue weighted by atomic mass is 79.9. The molecule has 0 amide bonds. The summed E-state index contributed by atoms with van der Waals surface area (Å²) in [4.78, 5) is 0. The number of fused-ring (bicyclic) bond motifs is 1. The lowest BCUT2D eigenvalue weighted by molar-refractivity contribution is 0.373. The van der Waals surface area contributed by atoms with Crippen molar-refractivity contribution in [2.24, 2.45) is 5.41 Å². The second-order valence-corrected chi connectivity index (χ2v) is 6.84. The van der Waals surface area contributed by atoms with Crippen LogP contribution in [0.2, 0.25) is 0 Å². The maximum Gasteiger partial charge on any atom is 0.0253 e. The number of hydrogen-bond donors (Lipinski definition) is 1. The summed E-state index contributed by atoms with van der Waals surface area (Å²) in [5.41, 5.74) is 5.56. The van der Waals surface area contributed by atoms with Crippen LogP contribution in [0, 0.1) is 5.41 Å². The number of nitrogens with one attached hydrogen (secondary N) is 1. The Morgan fingerprint density at radius 2 is 2.10 bits per heavy atom. The molecule has 1 aromatic carbocycles. The Balaban J connectivity index is 2.49. The average Bonchev–Trinajstić information content (AvgIpc) is 2.75. The molecule has 1 aliphatic carbocycles. The third-order valence-electron chi connectivity index (χ3n) is 4.32. The second kappa shape index (κ2) is 5.77. The Morgan fingerprint density at radius 1 is 1.40 bits per heavy atom. The van der Waals surface area contributed by atoms with Crippen LogP contribution in [-0.4, -0.2) is 6.54 Å². The van der Waals surface area contributed by atoms with Gasteiger partial charge in [-0.2, -0.15) is 0 Å². The van der Waals surface area contributed by atoms with Gasteiger partial charge in [0, 0.05) is 28.0 Å². The van der Waals surface area contributed by atoms with Gasteiger partial charge in [-0.3, -0.25) is 0 Å². The Kier molecular flexibility index (Phi) is 4.43. The number of benzene rings is 1. The first-order valence-electron chi connectivity index (χ1n) is 7.31. The molecule has 1 nitrogen and oxygen atoms in total. The molecule has 1 atom stereocenters. The maximum atomic E-state index is 3.70. The van der Waals surface area contributed by atoms with Gasteiger partial charge >= 0.3 is 0 Å². The summed E-state index contributed by atoms with van der Waals surface area (Å²) in [5.74, 6) is 0.417. The van der Waals surface area contributed by atoms with E-state index in [4.69, 9.17) is 0 Å². The van der Waals surface area contributed by atoms with Crippen molar-refractivity contribution in [1.82, 2.24) is 5.32 Å². The van der Waals surface area contributed by atoms with Crippen molar-refractivity contribution < 1.29 is 0 Å². The normalized spacial score (nSPS) is 18.8. The standard InChI is InChI=1S/C18H24BrN/c1-6-16(20-7-2)18(4,5)14-11-12(3)17-13(14)9-8-10-15(17)19/h6,8-11,14,20H,7H2,1-5H3/b16-6-. The van der Waals surface area contributed by atoms with E-state index in [1.54, 1.807) is 0 Å². The van der Waals surface area contributed by atoms with Gasteiger partial charge in [-0.1, -0.05) is 54.1 Å². The molecule has 1 aliphatic rings. The lowest BCUT2D eigenvalue weighted by atomic mass is 9.73. The van der Waals surface area contributed by atoms with Crippen molar-refractivity contribution in [1.29, 1.82) is 0 Å². The molecule has 0 spiro atoms. The first kappa shape index (κ1) is 15.4. The number of hydrogen-bond acceptors (Lipinski definition) is 1. The largest absolute Gasteiger partial charge is 0.388 e. The summed E-state index contributed by atoms with van der Waals surface area (Å²) in [5, 5.41) is 3.53. The lowest BCUT2D eigenvalue weighted by Gasteiger charge is -2.35. The summed E-state index contributed by atoms with van der Waals surface area (Å²) >= 11 is 3.70. The Morgan fingerprint density at radius 3 is 2.70 bits per heavy atom. The highest BCUT2D eigenvalue weighted by Gasteiger charge is 2.37. The van der Waals surface area contributed by atoms with E-state index in [0.717, 1.165) is 6.54 Å². The third kappa shape index (κ3) is 2.46. The van der Waals surface area contributed by atoms with E-state index in [9.17, 15) is 0 Å². The summed E-state index contributed by atoms with van der Waals surface area (Å²) in [6.07, 6.45) is 4.62. The zero-order valence-electron chi connectivity index (χ0n) is 13.0. The predicted molar refractivity (Wildman–Crippen MR) is 91.7 cm³/mol. The van der Waals surface area contributed by atoms with Crippen molar-refractivity contribution >= 4 is 21.5 Å². The molecule has 0 saturated carbocycles. The smallest absolute Gasteiger partial charge is 0.0253 e. The molecule has 0 bridgehead atoms. The number of rotatable bonds is 4. The van der Waals surface area contributed by atoms with Crippen LogP contribution in [0.4, 0.5) is 0 Å². The van der Waals surface area contributed by atoms with Crippen LogP contribution in [0.5, 0.6) is 0 Å². The van der Waals surface area contributed by atoms with Gasteiger partial charge < -0.3 is 5.32 Å². The second-order valence-electron chi connectivity index (χ2n) is 5.99. The van der Waals surface area contributed by atoms with Crippen LogP contribution in [-0.2, 0) is 0 Å². The highest BCUT2D eigenvalue weighted by Crippen LogP contribution is 2.50. The molecule has 0 saturated heterocycles. The molecule has 20 heavy (non-hydrogen) atoms. The molecule has 1 N–H and O–H groups in total. The monoisotopic (exact) mass is 333 g/mol. The zero-order valence-corrected chi connectivity index (χ0v) is 14.6. The van der Waals surface area contributed by atoms with Crippen molar-refractivity contribution in [2.45, 2.75) is 40.5 Å². The molecule has 0 heterocycles. The minimum absolute atomic E-state index is 0.0675. The molecule has 1 aromatic rings. The predicted octanol–water partition coefficient (Wildman–Crippen LogP) is 5.49. The molecule has 0 aliphatic heterocycles. The van der Waals surface area contributed by atoms with Crippen LogP contribution in [0.25, 0.3) is 5.57 Å². The van der Waals surface area contributed by atoms with Crippen molar-refractivity contribution in [3.63, 3.8) is 0 Å². The van der Waals surface area contributed by atoms with E-state index in [1.807, 2.05) is 0 Å². The molecule has 0 fully saturated rings. The summed E-state index contributed by atoms with van der Waals surface area (Å²) in [6.45, 7) is 12.1. The minimum Gasteiger partial charge on any atom is -0.388 e. The van der Waals surface area contributed by atoms with Crippen LogP contribution >= 0.6 is 15.9 Å². The van der Waals surface area contributed by atoms with E-state index in [0.29, 0.717) is 5.92 Å². The van der Waals surface area contributed by atoms with Crippen molar-refractivity contribution in [3.8, 4) is 0 Å². The highest BCUT2D eigenvalue weighted by molar-refractivity contribution is 9.10. The first-order valence-corrected chi connectivity index (χ1v) is 8.10. The topological polar surface area (TPSA) is 12.0 Å². The fourth-order valence-corrected chi connectivity index (χ4v) is 3.99. The quantitative estimate of drug-likeness (QED) is 0.768. The van der Waals surface area contributed by atoms with Gasteiger partial charge in [-0.15, -0.1) is 0 Å². The first-order chi connectivity index (χ1) is 9.43. The third-order valence-corrected chi connectivity index (χ3v) is 4.98. The van der Waals surface area contributed by atoms with Gasteiger partial charge in [0.25, 0.3) is 0 Å². The molecular weight excluding hydrogens is 310 g/mol. The van der Waals surface area contributed by atoms with Crippen molar-refractivity contribution in [2.75, 3.05) is 6.54 Å². The summed E-state index contributed by atoms with van der Waals surface area (Å²) in [6, 6.07) is 6.53. The summed E-state index contributed by atoms with van der Waals surface area (Å²) in [7, 11) is 0. The van der Waals surface area contributed by atoms with E-state index in [1.165, 1.54) is 26.9 Å². The van der Waals surface area contributed by atoms with Crippen LogP contribution in [0.15, 0.2) is 40.5 Å². The SMILES string of the molecule is C/C=C(\NCC)C(C)(C)C1C=C(C)c2c(Br)cccc21.